The second kappa shape index (κ2) is 6.73. The molecule has 3 atom stereocenters. The number of benzene rings is 1. The minimum absolute atomic E-state index is 0.0564. The first-order valence-corrected chi connectivity index (χ1v) is 9.73. The predicted octanol–water partition coefficient (Wildman–Crippen LogP) is 2.65. The molecule has 2 saturated carbocycles. The fourth-order valence-corrected chi connectivity index (χ4v) is 4.71. The van der Waals surface area contributed by atoms with E-state index in [0.29, 0.717) is 17.8 Å². The first-order valence-electron chi connectivity index (χ1n) is 9.73. The largest absolute Gasteiger partial charge is 0.379 e. The summed E-state index contributed by atoms with van der Waals surface area (Å²) in [7, 11) is 0. The normalized spacial score (nSPS) is 29.8. The van der Waals surface area contributed by atoms with Crippen LogP contribution in [0.4, 0.5) is 0 Å². The van der Waals surface area contributed by atoms with Crippen LogP contribution < -0.4 is 5.32 Å². The molecular weight excluding hydrogens is 312 g/mol. The Labute approximate surface area is 150 Å². The average molecular weight is 342 g/mol. The van der Waals surface area contributed by atoms with Gasteiger partial charge in [-0.15, -0.1) is 0 Å². The number of ether oxygens (including phenoxy) is 1. The Morgan fingerprint density at radius 2 is 1.92 bits per heavy atom. The van der Waals surface area contributed by atoms with E-state index >= 15 is 0 Å². The van der Waals surface area contributed by atoms with Gasteiger partial charge in [-0.2, -0.15) is 0 Å². The summed E-state index contributed by atoms with van der Waals surface area (Å²) in [5.41, 5.74) is 1.67. The number of nitrogens with zero attached hydrogens (tertiary/aromatic N) is 1. The maximum absolute atomic E-state index is 12.9. The minimum Gasteiger partial charge on any atom is -0.379 e. The zero-order valence-electron chi connectivity index (χ0n) is 15.4. The molecule has 0 radical (unpaired) electrons. The molecule has 1 aromatic rings. The molecule has 4 heteroatoms. The van der Waals surface area contributed by atoms with Gasteiger partial charge in [0.1, 0.15) is 0 Å². The van der Waals surface area contributed by atoms with E-state index in [4.69, 9.17) is 4.74 Å². The number of hydrogen-bond donors (Lipinski definition) is 1. The van der Waals surface area contributed by atoms with Crippen molar-refractivity contribution in [1.29, 1.82) is 0 Å². The molecule has 3 aliphatic rings. The van der Waals surface area contributed by atoms with Gasteiger partial charge in [-0.05, 0) is 41.6 Å². The highest BCUT2D eigenvalue weighted by molar-refractivity contribution is 5.82. The Kier molecular flexibility index (Phi) is 4.59. The van der Waals surface area contributed by atoms with Crippen molar-refractivity contribution in [3.05, 3.63) is 35.9 Å². The lowest BCUT2D eigenvalue weighted by Gasteiger charge is -2.33. The van der Waals surface area contributed by atoms with Crippen LogP contribution in [0.25, 0.3) is 0 Å². The van der Waals surface area contributed by atoms with Gasteiger partial charge in [-0.3, -0.25) is 9.69 Å². The molecule has 2 aliphatic carbocycles. The number of amides is 1. The molecule has 1 aliphatic heterocycles. The zero-order chi connectivity index (χ0) is 17.4. The molecule has 1 unspecified atom stereocenters. The van der Waals surface area contributed by atoms with E-state index in [9.17, 15) is 4.79 Å². The van der Waals surface area contributed by atoms with Crippen molar-refractivity contribution in [2.45, 2.75) is 38.6 Å². The molecule has 1 heterocycles. The fraction of sp³-hybridized carbons (Fsp3) is 0.667. The minimum atomic E-state index is 0.0564. The monoisotopic (exact) mass is 342 g/mol. The number of rotatable bonds is 6. The fourth-order valence-electron chi connectivity index (χ4n) is 4.71. The second-order valence-corrected chi connectivity index (χ2v) is 8.49. The van der Waals surface area contributed by atoms with E-state index in [1.54, 1.807) is 0 Å². The summed E-state index contributed by atoms with van der Waals surface area (Å²) in [4.78, 5) is 15.3. The smallest absolute Gasteiger partial charge is 0.237 e. The number of morpholine rings is 1. The van der Waals surface area contributed by atoms with Crippen LogP contribution in [0.1, 0.15) is 38.2 Å². The standard InChI is InChI=1S/C21H30N2O2/c1-21(2)17(18(21)15-6-4-3-5-7-15)14-22-20(24)19(16-8-9-16)23-10-12-25-13-11-23/h3-7,16-19H,8-14H2,1-2H3,(H,22,24)/t17-,18-,19?/m0/s1. The Morgan fingerprint density at radius 3 is 2.56 bits per heavy atom. The van der Waals surface area contributed by atoms with Gasteiger partial charge in [0.05, 0.1) is 19.3 Å². The van der Waals surface area contributed by atoms with Crippen LogP contribution in [0.15, 0.2) is 30.3 Å². The number of nitrogens with one attached hydrogen (secondary N) is 1. The first-order chi connectivity index (χ1) is 12.1. The van der Waals surface area contributed by atoms with Gasteiger partial charge >= 0.3 is 0 Å². The van der Waals surface area contributed by atoms with E-state index < -0.39 is 0 Å². The van der Waals surface area contributed by atoms with Crippen LogP contribution in [-0.2, 0) is 9.53 Å². The SMILES string of the molecule is CC1(C)[C@@H](CNC(=O)C(C2CC2)N2CCOCC2)[C@@H]1c1ccccc1. The molecule has 3 fully saturated rings. The van der Waals surface area contributed by atoms with Crippen LogP contribution in [0, 0.1) is 17.3 Å². The second-order valence-electron chi connectivity index (χ2n) is 8.49. The Hall–Kier alpha value is -1.39. The van der Waals surface area contributed by atoms with E-state index in [1.165, 1.54) is 18.4 Å². The maximum atomic E-state index is 12.9. The average Bonchev–Trinajstić information content (AvgIpc) is 3.52. The van der Waals surface area contributed by atoms with E-state index in [0.717, 1.165) is 32.8 Å². The molecule has 4 rings (SSSR count). The van der Waals surface area contributed by atoms with Gasteiger partial charge in [-0.1, -0.05) is 44.2 Å². The van der Waals surface area contributed by atoms with E-state index in [1.807, 2.05) is 0 Å². The van der Waals surface area contributed by atoms with E-state index in [2.05, 4.69) is 54.4 Å². The Morgan fingerprint density at radius 1 is 1.24 bits per heavy atom. The topological polar surface area (TPSA) is 41.6 Å². The van der Waals surface area contributed by atoms with Gasteiger partial charge in [0, 0.05) is 19.6 Å². The molecule has 0 spiro atoms. The summed E-state index contributed by atoms with van der Waals surface area (Å²) in [5.74, 6) is 1.87. The summed E-state index contributed by atoms with van der Waals surface area (Å²) in [6, 6.07) is 10.8. The maximum Gasteiger partial charge on any atom is 0.237 e. The summed E-state index contributed by atoms with van der Waals surface area (Å²) in [5, 5.41) is 3.30. The lowest BCUT2D eigenvalue weighted by molar-refractivity contribution is -0.129. The van der Waals surface area contributed by atoms with Gasteiger partial charge in [0.25, 0.3) is 0 Å². The van der Waals surface area contributed by atoms with Gasteiger partial charge in [0.2, 0.25) is 5.91 Å². The van der Waals surface area contributed by atoms with E-state index in [-0.39, 0.29) is 17.4 Å². The summed E-state index contributed by atoms with van der Waals surface area (Å²) < 4.78 is 5.45. The third-order valence-corrected chi connectivity index (χ3v) is 6.48. The van der Waals surface area contributed by atoms with Gasteiger partial charge in [-0.25, -0.2) is 0 Å². The third kappa shape index (κ3) is 3.47. The molecular formula is C21H30N2O2. The van der Waals surface area contributed by atoms with Crippen molar-refractivity contribution in [2.75, 3.05) is 32.8 Å². The Bertz CT molecular complexity index is 606. The van der Waals surface area contributed by atoms with Gasteiger partial charge in [0.15, 0.2) is 0 Å². The summed E-state index contributed by atoms with van der Waals surface area (Å²) in [6.45, 7) is 8.71. The quantitative estimate of drug-likeness (QED) is 0.864. The van der Waals surface area contributed by atoms with Crippen LogP contribution in [0.5, 0.6) is 0 Å². The molecule has 25 heavy (non-hydrogen) atoms. The first kappa shape index (κ1) is 17.0. The molecule has 1 aromatic carbocycles. The molecule has 1 saturated heterocycles. The van der Waals surface area contributed by atoms with Crippen molar-refractivity contribution in [1.82, 2.24) is 10.2 Å². The highest BCUT2D eigenvalue weighted by atomic mass is 16.5. The highest BCUT2D eigenvalue weighted by Gasteiger charge is 2.58. The summed E-state index contributed by atoms with van der Waals surface area (Å²) in [6.07, 6.45) is 2.38. The van der Waals surface area contributed by atoms with Crippen LogP contribution in [0.2, 0.25) is 0 Å². The lowest BCUT2D eigenvalue weighted by atomic mass is 10.0. The lowest BCUT2D eigenvalue weighted by Crippen LogP contribution is -2.52. The molecule has 1 amide bonds. The third-order valence-electron chi connectivity index (χ3n) is 6.48. The van der Waals surface area contributed by atoms with Crippen LogP contribution in [-0.4, -0.2) is 49.7 Å². The molecule has 1 N–H and O–H groups in total. The predicted molar refractivity (Wildman–Crippen MR) is 98.4 cm³/mol. The molecule has 0 bridgehead atoms. The molecule has 4 nitrogen and oxygen atoms in total. The number of carbonyl (C=O) groups is 1. The highest BCUT2D eigenvalue weighted by Crippen LogP contribution is 2.63. The number of carbonyl (C=O) groups excluding carboxylic acids is 1. The molecule has 136 valence electrons. The van der Waals surface area contributed by atoms with Crippen LogP contribution in [0.3, 0.4) is 0 Å². The number of hydrogen-bond acceptors (Lipinski definition) is 3. The van der Waals surface area contributed by atoms with Gasteiger partial charge < -0.3 is 10.1 Å². The van der Waals surface area contributed by atoms with Crippen molar-refractivity contribution in [2.24, 2.45) is 17.3 Å². The summed E-state index contributed by atoms with van der Waals surface area (Å²) >= 11 is 0. The zero-order valence-corrected chi connectivity index (χ0v) is 15.4. The van der Waals surface area contributed by atoms with Crippen molar-refractivity contribution < 1.29 is 9.53 Å². The van der Waals surface area contributed by atoms with Crippen molar-refractivity contribution in [3.8, 4) is 0 Å². The van der Waals surface area contributed by atoms with Crippen LogP contribution >= 0.6 is 0 Å². The van der Waals surface area contributed by atoms with Crippen molar-refractivity contribution in [3.63, 3.8) is 0 Å². The Balaban J connectivity index is 1.36. The molecule has 0 aromatic heterocycles. The van der Waals surface area contributed by atoms with Crippen molar-refractivity contribution >= 4 is 5.91 Å².